The molecule has 30 heavy (non-hydrogen) atoms. The maximum atomic E-state index is 13.5. The van der Waals surface area contributed by atoms with Gasteiger partial charge in [0.2, 0.25) is 5.91 Å². The summed E-state index contributed by atoms with van der Waals surface area (Å²) in [4.78, 5) is 29.6. The number of nitrogens with zero attached hydrogens (tertiary/aromatic N) is 2. The fourth-order valence-corrected chi connectivity index (χ4v) is 4.63. The Morgan fingerprint density at radius 2 is 1.60 bits per heavy atom. The fourth-order valence-electron chi connectivity index (χ4n) is 4.63. The molecule has 0 saturated carbocycles. The van der Waals surface area contributed by atoms with E-state index in [1.165, 1.54) is 5.56 Å². The monoisotopic (exact) mass is 406 g/mol. The number of anilines is 1. The van der Waals surface area contributed by atoms with Gasteiger partial charge in [-0.05, 0) is 58.2 Å². The van der Waals surface area contributed by atoms with Gasteiger partial charge in [-0.1, -0.05) is 48.0 Å². The zero-order valence-electron chi connectivity index (χ0n) is 18.2. The van der Waals surface area contributed by atoms with Crippen LogP contribution < -0.4 is 4.90 Å². The van der Waals surface area contributed by atoms with Gasteiger partial charge in [0.05, 0.1) is 11.5 Å². The minimum Gasteiger partial charge on any atom is -0.444 e. The summed E-state index contributed by atoms with van der Waals surface area (Å²) < 4.78 is 5.53. The molecule has 2 heterocycles. The fraction of sp³-hybridized carbons (Fsp3) is 0.440. The number of benzene rings is 2. The number of piperidine rings is 1. The molecule has 0 radical (unpaired) electrons. The topological polar surface area (TPSA) is 49.9 Å². The second-order valence-corrected chi connectivity index (χ2v) is 9.45. The van der Waals surface area contributed by atoms with E-state index >= 15 is 0 Å². The number of para-hydroxylation sites is 1. The van der Waals surface area contributed by atoms with Crippen molar-refractivity contribution in [2.24, 2.45) is 5.41 Å². The van der Waals surface area contributed by atoms with Gasteiger partial charge in [0.1, 0.15) is 5.60 Å². The first-order valence-electron chi connectivity index (χ1n) is 10.6. The van der Waals surface area contributed by atoms with Crippen LogP contribution in [0.4, 0.5) is 10.5 Å². The van der Waals surface area contributed by atoms with Gasteiger partial charge < -0.3 is 14.5 Å². The summed E-state index contributed by atoms with van der Waals surface area (Å²) in [6, 6.07) is 18.3. The summed E-state index contributed by atoms with van der Waals surface area (Å²) in [6.07, 6.45) is 0.996. The van der Waals surface area contributed by atoms with Gasteiger partial charge in [-0.25, -0.2) is 4.79 Å². The van der Waals surface area contributed by atoms with Crippen LogP contribution in [0.25, 0.3) is 0 Å². The molecule has 1 atom stereocenters. The van der Waals surface area contributed by atoms with Crippen LogP contribution in [0.5, 0.6) is 0 Å². The Balaban J connectivity index is 1.60. The highest BCUT2D eigenvalue weighted by Gasteiger charge is 2.62. The van der Waals surface area contributed by atoms with Gasteiger partial charge in [0, 0.05) is 18.8 Å². The van der Waals surface area contributed by atoms with Crippen molar-refractivity contribution < 1.29 is 14.3 Å². The normalized spacial score (nSPS) is 20.8. The number of rotatable bonds is 2. The highest BCUT2D eigenvalue weighted by molar-refractivity contribution is 6.06. The summed E-state index contributed by atoms with van der Waals surface area (Å²) in [6.45, 7) is 8.75. The lowest BCUT2D eigenvalue weighted by Crippen LogP contribution is -2.67. The second-order valence-electron chi connectivity index (χ2n) is 9.45. The minimum absolute atomic E-state index is 0.0196. The number of hydrogen-bond donors (Lipinski definition) is 0. The predicted molar refractivity (Wildman–Crippen MR) is 117 cm³/mol. The quantitative estimate of drug-likeness (QED) is 0.652. The van der Waals surface area contributed by atoms with E-state index in [0.29, 0.717) is 25.9 Å². The van der Waals surface area contributed by atoms with Gasteiger partial charge in [-0.3, -0.25) is 4.79 Å². The number of carbonyl (C=O) groups excluding carboxylic acids is 2. The van der Waals surface area contributed by atoms with Crippen molar-refractivity contribution in [1.29, 1.82) is 0 Å². The van der Waals surface area contributed by atoms with Gasteiger partial charge in [0.15, 0.2) is 0 Å². The van der Waals surface area contributed by atoms with E-state index in [4.69, 9.17) is 4.74 Å². The molecular weight excluding hydrogens is 376 g/mol. The maximum Gasteiger partial charge on any atom is 0.410 e. The van der Waals surface area contributed by atoms with Crippen molar-refractivity contribution in [3.8, 4) is 0 Å². The van der Waals surface area contributed by atoms with Crippen molar-refractivity contribution in [2.45, 2.75) is 52.2 Å². The maximum absolute atomic E-state index is 13.5. The van der Waals surface area contributed by atoms with Crippen molar-refractivity contribution >= 4 is 17.7 Å². The zero-order chi connectivity index (χ0) is 21.5. The third-order valence-corrected chi connectivity index (χ3v) is 6.16. The average molecular weight is 407 g/mol. The highest BCUT2D eigenvalue weighted by Crippen LogP contribution is 2.57. The van der Waals surface area contributed by atoms with Crippen LogP contribution in [0.1, 0.15) is 50.8 Å². The SMILES string of the molecule is Cc1ccc(C2N(c3ccccc3)C(=O)C23CCN(C(=O)OC(C)(C)C)CC3)cc1. The van der Waals surface area contributed by atoms with Crippen LogP contribution in [-0.4, -0.2) is 35.6 Å². The molecule has 4 rings (SSSR count). The van der Waals surface area contributed by atoms with Gasteiger partial charge in [-0.15, -0.1) is 0 Å². The first kappa shape index (κ1) is 20.5. The summed E-state index contributed by atoms with van der Waals surface area (Å²) in [5.41, 5.74) is 2.28. The lowest BCUT2D eigenvalue weighted by Gasteiger charge is -2.58. The number of likely N-dealkylation sites (tertiary alicyclic amines) is 1. The molecule has 2 fully saturated rings. The van der Waals surface area contributed by atoms with Gasteiger partial charge >= 0.3 is 6.09 Å². The number of ether oxygens (including phenoxy) is 1. The molecule has 1 spiro atoms. The summed E-state index contributed by atoms with van der Waals surface area (Å²) >= 11 is 0. The Hall–Kier alpha value is -2.82. The Bertz CT molecular complexity index is 923. The van der Waals surface area contributed by atoms with Gasteiger partial charge in [0.25, 0.3) is 0 Å². The van der Waals surface area contributed by atoms with Crippen LogP contribution in [-0.2, 0) is 9.53 Å². The first-order valence-corrected chi connectivity index (χ1v) is 10.6. The number of amides is 2. The number of hydrogen-bond acceptors (Lipinski definition) is 3. The summed E-state index contributed by atoms with van der Waals surface area (Å²) in [7, 11) is 0. The molecule has 2 aliphatic rings. The molecule has 2 aromatic rings. The second kappa shape index (κ2) is 7.46. The van der Waals surface area contributed by atoms with Crippen LogP contribution >= 0.6 is 0 Å². The number of carbonyl (C=O) groups is 2. The Morgan fingerprint density at radius 3 is 2.17 bits per heavy atom. The minimum atomic E-state index is -0.521. The van der Waals surface area contributed by atoms with Crippen LogP contribution in [0, 0.1) is 12.3 Å². The molecule has 5 heteroatoms. The molecular formula is C25H30N2O3. The van der Waals surface area contributed by atoms with E-state index in [1.54, 1.807) is 4.90 Å². The van der Waals surface area contributed by atoms with Gasteiger partial charge in [-0.2, -0.15) is 0 Å². The molecule has 5 nitrogen and oxygen atoms in total. The molecule has 2 saturated heterocycles. The van der Waals surface area contributed by atoms with Crippen LogP contribution in [0.15, 0.2) is 54.6 Å². The first-order chi connectivity index (χ1) is 14.2. The molecule has 0 aliphatic carbocycles. The standard InChI is InChI=1S/C25H30N2O3/c1-18-10-12-19(13-11-18)21-25(22(28)27(21)20-8-6-5-7-9-20)14-16-26(17-15-25)23(29)30-24(2,3)4/h5-13,21H,14-17H2,1-4H3. The Kier molecular flexibility index (Phi) is 5.08. The number of aryl methyl sites for hydroxylation is 1. The highest BCUT2D eigenvalue weighted by atomic mass is 16.6. The number of β-lactam (4-membered cyclic amide) rings is 1. The van der Waals surface area contributed by atoms with E-state index in [-0.39, 0.29) is 18.0 Å². The third kappa shape index (κ3) is 3.57. The molecule has 2 aliphatic heterocycles. The summed E-state index contributed by atoms with van der Waals surface area (Å²) in [5.74, 6) is 0.156. The Morgan fingerprint density at radius 1 is 1.00 bits per heavy atom. The van der Waals surface area contributed by atoms with Crippen molar-refractivity contribution in [1.82, 2.24) is 4.90 Å². The van der Waals surface area contributed by atoms with Crippen molar-refractivity contribution in [2.75, 3.05) is 18.0 Å². The van der Waals surface area contributed by atoms with E-state index in [1.807, 2.05) is 56.0 Å². The van der Waals surface area contributed by atoms with Crippen molar-refractivity contribution in [3.63, 3.8) is 0 Å². The smallest absolute Gasteiger partial charge is 0.410 e. The van der Waals surface area contributed by atoms with E-state index in [9.17, 15) is 9.59 Å². The Labute approximate surface area is 178 Å². The average Bonchev–Trinajstić information content (AvgIpc) is 2.72. The molecule has 1 unspecified atom stereocenters. The molecule has 2 amide bonds. The predicted octanol–water partition coefficient (Wildman–Crippen LogP) is 5.10. The van der Waals surface area contributed by atoms with Crippen LogP contribution in [0.3, 0.4) is 0 Å². The largest absolute Gasteiger partial charge is 0.444 e. The lowest BCUT2D eigenvalue weighted by atomic mass is 9.62. The lowest BCUT2D eigenvalue weighted by molar-refractivity contribution is -0.144. The zero-order valence-corrected chi connectivity index (χ0v) is 18.2. The molecule has 158 valence electrons. The molecule has 2 aromatic carbocycles. The van der Waals surface area contributed by atoms with E-state index < -0.39 is 11.0 Å². The third-order valence-electron chi connectivity index (χ3n) is 6.16. The molecule has 0 bridgehead atoms. The summed E-state index contributed by atoms with van der Waals surface area (Å²) in [5, 5.41) is 0. The van der Waals surface area contributed by atoms with Crippen LogP contribution in [0.2, 0.25) is 0 Å². The molecule has 0 aromatic heterocycles. The van der Waals surface area contributed by atoms with E-state index in [2.05, 4.69) is 31.2 Å². The van der Waals surface area contributed by atoms with E-state index in [0.717, 1.165) is 11.3 Å². The molecule has 0 N–H and O–H groups in total. The van der Waals surface area contributed by atoms with Crippen molar-refractivity contribution in [3.05, 3.63) is 65.7 Å².